The molecule has 0 saturated heterocycles. The lowest BCUT2D eigenvalue weighted by atomic mass is 10.0. The van der Waals surface area contributed by atoms with Crippen molar-refractivity contribution in [3.8, 4) is 0 Å². The highest BCUT2D eigenvalue weighted by molar-refractivity contribution is 7.17. The smallest absolute Gasteiger partial charge is 0.324 e. The van der Waals surface area contributed by atoms with E-state index in [-0.39, 0.29) is 12.5 Å². The zero-order chi connectivity index (χ0) is 13.2. The Morgan fingerprint density at radius 1 is 1.22 bits per heavy atom. The molecule has 0 aliphatic heterocycles. The minimum atomic E-state index is -4.09. The largest absolute Gasteiger partial charge is 0.389 e. The molecule has 0 fully saturated rings. The molecule has 0 bridgehead atoms. The molecule has 0 spiro atoms. The minimum absolute atomic E-state index is 0.0782. The summed E-state index contributed by atoms with van der Waals surface area (Å²) in [6.45, 7) is 0. The molecule has 0 saturated carbocycles. The quantitative estimate of drug-likeness (QED) is 0.863. The van der Waals surface area contributed by atoms with Gasteiger partial charge in [-0.3, -0.25) is 0 Å². The van der Waals surface area contributed by atoms with Gasteiger partial charge in [-0.1, -0.05) is 18.2 Å². The van der Waals surface area contributed by atoms with Crippen LogP contribution in [0.5, 0.6) is 0 Å². The third kappa shape index (κ3) is 3.23. The summed E-state index contributed by atoms with van der Waals surface area (Å²) >= 11 is 1.58. The highest BCUT2D eigenvalue weighted by atomic mass is 32.1. The molecule has 2 N–H and O–H groups in total. The van der Waals surface area contributed by atoms with Crippen LogP contribution in [0.25, 0.3) is 10.1 Å². The number of benzene rings is 1. The van der Waals surface area contributed by atoms with Gasteiger partial charge in [0.15, 0.2) is 0 Å². The molecule has 1 nitrogen and oxygen atoms in total. The second-order valence-electron chi connectivity index (χ2n) is 4.30. The summed E-state index contributed by atoms with van der Waals surface area (Å²) in [6.07, 6.45) is -4.41. The van der Waals surface area contributed by atoms with Gasteiger partial charge in [-0.25, -0.2) is 0 Å². The van der Waals surface area contributed by atoms with Gasteiger partial charge in [0.1, 0.15) is 0 Å². The topological polar surface area (TPSA) is 26.0 Å². The van der Waals surface area contributed by atoms with Gasteiger partial charge in [-0.15, -0.1) is 11.3 Å². The Morgan fingerprint density at radius 2 is 1.94 bits per heavy atom. The fourth-order valence-corrected chi connectivity index (χ4v) is 2.99. The normalized spacial score (nSPS) is 14.0. The molecule has 5 heteroatoms. The van der Waals surface area contributed by atoms with Gasteiger partial charge in [0.25, 0.3) is 0 Å². The second-order valence-corrected chi connectivity index (χ2v) is 5.21. The molecular formula is C13H14F3NS. The first-order chi connectivity index (χ1) is 8.47. The van der Waals surface area contributed by atoms with Crippen LogP contribution < -0.4 is 5.73 Å². The van der Waals surface area contributed by atoms with Crippen LogP contribution in [0.15, 0.2) is 29.6 Å². The van der Waals surface area contributed by atoms with E-state index in [1.165, 1.54) is 0 Å². The maximum Gasteiger partial charge on any atom is 0.389 e. The Morgan fingerprint density at radius 3 is 2.67 bits per heavy atom. The lowest BCUT2D eigenvalue weighted by molar-refractivity contribution is -0.135. The lowest BCUT2D eigenvalue weighted by Crippen LogP contribution is -2.12. The molecule has 0 aliphatic carbocycles. The number of rotatable bonds is 4. The van der Waals surface area contributed by atoms with Crippen molar-refractivity contribution in [3.63, 3.8) is 0 Å². The fourth-order valence-electron chi connectivity index (χ4n) is 1.96. The molecule has 18 heavy (non-hydrogen) atoms. The van der Waals surface area contributed by atoms with E-state index < -0.39 is 12.6 Å². The van der Waals surface area contributed by atoms with E-state index in [0.717, 1.165) is 15.6 Å². The predicted molar refractivity (Wildman–Crippen MR) is 68.7 cm³/mol. The van der Waals surface area contributed by atoms with Crippen LogP contribution in [0.2, 0.25) is 0 Å². The Hall–Kier alpha value is -1.07. The monoisotopic (exact) mass is 273 g/mol. The van der Waals surface area contributed by atoms with Gasteiger partial charge in [-0.2, -0.15) is 13.2 Å². The Kier molecular flexibility index (Phi) is 3.92. The van der Waals surface area contributed by atoms with Crippen molar-refractivity contribution in [1.82, 2.24) is 0 Å². The molecule has 1 aromatic carbocycles. The van der Waals surface area contributed by atoms with E-state index >= 15 is 0 Å². The minimum Gasteiger partial charge on any atom is -0.324 e. The van der Waals surface area contributed by atoms with Gasteiger partial charge >= 0.3 is 6.18 Å². The summed E-state index contributed by atoms with van der Waals surface area (Å²) in [4.78, 5) is 0. The zero-order valence-corrected chi connectivity index (χ0v) is 10.5. The number of hydrogen-bond acceptors (Lipinski definition) is 2. The number of fused-ring (bicyclic) bond motifs is 1. The van der Waals surface area contributed by atoms with Crippen LogP contribution in [0.4, 0.5) is 13.2 Å². The maximum atomic E-state index is 12.1. The summed E-state index contributed by atoms with van der Waals surface area (Å²) in [5.74, 6) is 0. The molecule has 0 amide bonds. The summed E-state index contributed by atoms with van der Waals surface area (Å²) in [6, 6.07) is 7.50. The van der Waals surface area contributed by atoms with Crippen molar-refractivity contribution < 1.29 is 13.2 Å². The molecule has 0 aliphatic rings. The van der Waals surface area contributed by atoms with Crippen LogP contribution >= 0.6 is 11.3 Å². The molecule has 1 atom stereocenters. The average Bonchev–Trinajstić information content (AvgIpc) is 2.70. The Labute approximate surface area is 107 Å². The molecule has 0 radical (unpaired) electrons. The summed E-state index contributed by atoms with van der Waals surface area (Å²) in [5, 5.41) is 3.00. The van der Waals surface area contributed by atoms with Crippen molar-refractivity contribution in [2.75, 3.05) is 0 Å². The van der Waals surface area contributed by atoms with E-state index in [2.05, 4.69) is 0 Å². The Balaban J connectivity index is 2.03. The van der Waals surface area contributed by atoms with Gasteiger partial charge in [0, 0.05) is 17.2 Å². The first-order valence-electron chi connectivity index (χ1n) is 5.76. The summed E-state index contributed by atoms with van der Waals surface area (Å²) < 4.78 is 37.3. The van der Waals surface area contributed by atoms with E-state index in [0.29, 0.717) is 6.42 Å². The zero-order valence-electron chi connectivity index (χ0n) is 9.70. The first kappa shape index (κ1) is 13.4. The highest BCUT2D eigenvalue weighted by Gasteiger charge is 2.26. The van der Waals surface area contributed by atoms with Crippen molar-refractivity contribution in [2.24, 2.45) is 5.73 Å². The van der Waals surface area contributed by atoms with Crippen LogP contribution in [0, 0.1) is 0 Å². The molecule has 1 aromatic heterocycles. The highest BCUT2D eigenvalue weighted by Crippen LogP contribution is 2.32. The van der Waals surface area contributed by atoms with Crippen molar-refractivity contribution in [1.29, 1.82) is 0 Å². The van der Waals surface area contributed by atoms with E-state index in [9.17, 15) is 13.2 Å². The van der Waals surface area contributed by atoms with Gasteiger partial charge in [-0.05, 0) is 35.2 Å². The maximum absolute atomic E-state index is 12.1. The second kappa shape index (κ2) is 5.28. The molecule has 2 rings (SSSR count). The van der Waals surface area contributed by atoms with Crippen LogP contribution in [-0.2, 0) is 0 Å². The van der Waals surface area contributed by atoms with E-state index in [4.69, 9.17) is 5.73 Å². The van der Waals surface area contributed by atoms with Crippen LogP contribution in [0.1, 0.15) is 30.9 Å². The molecular weight excluding hydrogens is 259 g/mol. The van der Waals surface area contributed by atoms with Crippen molar-refractivity contribution in [2.45, 2.75) is 31.5 Å². The summed E-state index contributed by atoms with van der Waals surface area (Å²) in [5.41, 5.74) is 6.93. The average molecular weight is 273 g/mol. The third-order valence-corrected chi connectivity index (χ3v) is 3.87. The molecule has 1 unspecified atom stereocenters. The molecule has 1 heterocycles. The number of alkyl halides is 3. The Bertz CT molecular complexity index is 518. The summed E-state index contributed by atoms with van der Waals surface area (Å²) in [7, 11) is 0. The van der Waals surface area contributed by atoms with E-state index in [1.807, 2.05) is 29.6 Å². The first-order valence-corrected chi connectivity index (χ1v) is 6.64. The van der Waals surface area contributed by atoms with Gasteiger partial charge < -0.3 is 5.73 Å². The number of halogens is 3. The van der Waals surface area contributed by atoms with Crippen molar-refractivity contribution >= 4 is 21.4 Å². The van der Waals surface area contributed by atoms with Crippen molar-refractivity contribution in [3.05, 3.63) is 35.2 Å². The lowest BCUT2D eigenvalue weighted by Gasteiger charge is -2.12. The number of thiophene rings is 1. The molecule has 2 aromatic rings. The fraction of sp³-hybridized carbons (Fsp3) is 0.385. The van der Waals surface area contributed by atoms with Crippen LogP contribution in [0.3, 0.4) is 0 Å². The predicted octanol–water partition coefficient (Wildman–Crippen LogP) is 4.63. The van der Waals surface area contributed by atoms with Gasteiger partial charge in [0.05, 0.1) is 0 Å². The van der Waals surface area contributed by atoms with Crippen LogP contribution in [-0.4, -0.2) is 6.18 Å². The molecule has 98 valence electrons. The number of nitrogens with two attached hydrogens (primary N) is 1. The number of hydrogen-bond donors (Lipinski definition) is 1. The standard InChI is InChI=1S/C13H14F3NS/c14-13(15,16)7-3-5-11(17)10-8-18-12-6-2-1-4-9(10)12/h1-2,4,6,8,11H,3,5,7,17H2. The third-order valence-electron chi connectivity index (χ3n) is 2.89. The van der Waals surface area contributed by atoms with Gasteiger partial charge in [0.2, 0.25) is 0 Å². The SMILES string of the molecule is NC(CCCC(F)(F)F)c1csc2ccccc12. The van der Waals surface area contributed by atoms with E-state index in [1.54, 1.807) is 11.3 Å².